The number of carbonyl (C=O) groups is 1. The average molecular weight is 323 g/mol. The maximum Gasteiger partial charge on any atom is 0.248 e. The summed E-state index contributed by atoms with van der Waals surface area (Å²) in [5.74, 6) is 1.21. The van der Waals surface area contributed by atoms with E-state index in [9.17, 15) is 4.79 Å². The predicted molar refractivity (Wildman–Crippen MR) is 92.9 cm³/mol. The van der Waals surface area contributed by atoms with Crippen LogP contribution in [0.1, 0.15) is 63.9 Å². The number of aryl methyl sites for hydroxylation is 1. The van der Waals surface area contributed by atoms with Gasteiger partial charge in [0.05, 0.1) is 0 Å². The molecule has 3 nitrogen and oxygen atoms in total. The van der Waals surface area contributed by atoms with Gasteiger partial charge in [-0.25, -0.2) is 0 Å². The molecule has 4 heteroatoms. The minimum Gasteiger partial charge on any atom is -0.320 e. The van der Waals surface area contributed by atoms with Crippen LogP contribution >= 0.6 is 11.3 Å². The van der Waals surface area contributed by atoms with Gasteiger partial charge in [-0.3, -0.25) is 4.79 Å². The van der Waals surface area contributed by atoms with E-state index in [2.05, 4.69) is 51.1 Å². The summed E-state index contributed by atoms with van der Waals surface area (Å²) in [4.78, 5) is 18.9. The number of carbonyl (C=O) groups excluding carboxylic acids is 1. The van der Waals surface area contributed by atoms with Gasteiger partial charge < -0.3 is 4.57 Å². The van der Waals surface area contributed by atoms with E-state index >= 15 is 0 Å². The van der Waals surface area contributed by atoms with Crippen molar-refractivity contribution in [3.05, 3.63) is 15.4 Å². The van der Waals surface area contributed by atoms with Gasteiger partial charge in [-0.15, -0.1) is 11.3 Å². The smallest absolute Gasteiger partial charge is 0.248 e. The molecule has 1 unspecified atom stereocenters. The summed E-state index contributed by atoms with van der Waals surface area (Å²) in [5, 5.41) is 0. The van der Waals surface area contributed by atoms with Crippen LogP contribution in [0, 0.1) is 31.1 Å². The molecule has 1 amide bonds. The highest BCUT2D eigenvalue weighted by Crippen LogP contribution is 2.31. The van der Waals surface area contributed by atoms with E-state index in [1.54, 1.807) is 11.3 Å². The lowest BCUT2D eigenvalue weighted by Crippen LogP contribution is -2.20. The summed E-state index contributed by atoms with van der Waals surface area (Å²) in [6.45, 7) is 14.1. The summed E-state index contributed by atoms with van der Waals surface area (Å²) >= 11 is 1.65. The molecule has 0 radical (unpaired) electrons. The number of hydrogen-bond donors (Lipinski definition) is 0. The fourth-order valence-electron chi connectivity index (χ4n) is 3.02. The van der Waals surface area contributed by atoms with E-state index < -0.39 is 0 Å². The van der Waals surface area contributed by atoms with Gasteiger partial charge in [0, 0.05) is 23.5 Å². The molecule has 1 heterocycles. The third kappa shape index (κ3) is 5.08. The summed E-state index contributed by atoms with van der Waals surface area (Å²) in [7, 11) is 0. The van der Waals surface area contributed by atoms with Crippen LogP contribution in [0.5, 0.6) is 0 Å². The highest BCUT2D eigenvalue weighted by atomic mass is 32.1. The number of hydrogen-bond acceptors (Lipinski definition) is 2. The van der Waals surface area contributed by atoms with Crippen LogP contribution < -0.4 is 4.80 Å². The van der Waals surface area contributed by atoms with E-state index in [-0.39, 0.29) is 11.3 Å². The molecule has 1 atom stereocenters. The first-order chi connectivity index (χ1) is 10.2. The zero-order valence-corrected chi connectivity index (χ0v) is 15.7. The lowest BCUT2D eigenvalue weighted by molar-refractivity contribution is -0.119. The van der Waals surface area contributed by atoms with Gasteiger partial charge >= 0.3 is 0 Å². The first-order valence-corrected chi connectivity index (χ1v) is 9.22. The van der Waals surface area contributed by atoms with Gasteiger partial charge in [0.2, 0.25) is 5.91 Å². The highest BCUT2D eigenvalue weighted by molar-refractivity contribution is 7.09. The second kappa shape index (κ2) is 6.69. The molecule has 1 aromatic heterocycles. The molecule has 0 aromatic carbocycles. The van der Waals surface area contributed by atoms with Crippen molar-refractivity contribution in [3.63, 3.8) is 0 Å². The fourth-order valence-corrected chi connectivity index (χ4v) is 4.03. The SMILES string of the molecule is Cc1s/c(=N\C(=O)CC(C)CC(C)(C)C)n(CC2CC2)c1C. The van der Waals surface area contributed by atoms with E-state index in [0.29, 0.717) is 12.3 Å². The molecule has 22 heavy (non-hydrogen) atoms. The molecule has 0 saturated heterocycles. The largest absolute Gasteiger partial charge is 0.320 e. The van der Waals surface area contributed by atoms with Crippen LogP contribution in [0.4, 0.5) is 0 Å². The molecule has 1 aliphatic carbocycles. The van der Waals surface area contributed by atoms with Crippen LogP contribution in [0.2, 0.25) is 0 Å². The van der Waals surface area contributed by atoms with Gasteiger partial charge in [0.25, 0.3) is 0 Å². The first-order valence-electron chi connectivity index (χ1n) is 8.40. The molecule has 2 rings (SSSR count). The number of rotatable bonds is 5. The van der Waals surface area contributed by atoms with Crippen molar-refractivity contribution >= 4 is 17.2 Å². The lowest BCUT2D eigenvalue weighted by Gasteiger charge is -2.22. The Morgan fingerprint density at radius 3 is 2.55 bits per heavy atom. The second-order valence-electron chi connectivity index (χ2n) is 8.16. The maximum atomic E-state index is 12.3. The Kier molecular flexibility index (Phi) is 5.31. The molecule has 0 aliphatic heterocycles. The van der Waals surface area contributed by atoms with E-state index in [1.165, 1.54) is 23.4 Å². The third-order valence-electron chi connectivity index (χ3n) is 4.23. The molecule has 1 saturated carbocycles. The van der Waals surface area contributed by atoms with E-state index in [4.69, 9.17) is 0 Å². The van der Waals surface area contributed by atoms with E-state index in [0.717, 1.165) is 23.7 Å². The van der Waals surface area contributed by atoms with Gasteiger partial charge in [-0.2, -0.15) is 4.99 Å². The number of aromatic nitrogens is 1. The Hall–Kier alpha value is -0.900. The number of nitrogens with zero attached hydrogens (tertiary/aromatic N) is 2. The summed E-state index contributed by atoms with van der Waals surface area (Å²) in [6, 6.07) is 0. The summed E-state index contributed by atoms with van der Waals surface area (Å²) in [6.07, 6.45) is 4.24. The zero-order chi connectivity index (χ0) is 16.5. The van der Waals surface area contributed by atoms with Crippen molar-refractivity contribution in [2.45, 2.75) is 73.8 Å². The van der Waals surface area contributed by atoms with Crippen LogP contribution in [0.15, 0.2) is 4.99 Å². The van der Waals surface area contributed by atoms with Gasteiger partial charge in [-0.1, -0.05) is 27.7 Å². The Bertz CT molecular complexity index is 600. The highest BCUT2D eigenvalue weighted by Gasteiger charge is 2.23. The molecule has 0 spiro atoms. The monoisotopic (exact) mass is 322 g/mol. The average Bonchev–Trinajstić information content (AvgIpc) is 3.11. The normalized spacial score (nSPS) is 17.8. The second-order valence-corrected chi connectivity index (χ2v) is 9.34. The topological polar surface area (TPSA) is 34.4 Å². The van der Waals surface area contributed by atoms with Crippen molar-refractivity contribution < 1.29 is 4.79 Å². The Balaban J connectivity index is 2.11. The lowest BCUT2D eigenvalue weighted by atomic mass is 9.84. The van der Waals surface area contributed by atoms with Gasteiger partial charge in [0.15, 0.2) is 4.80 Å². The Morgan fingerprint density at radius 2 is 2.00 bits per heavy atom. The summed E-state index contributed by atoms with van der Waals surface area (Å²) in [5.41, 5.74) is 1.54. The third-order valence-corrected chi connectivity index (χ3v) is 5.33. The molecule has 1 aromatic rings. The minimum absolute atomic E-state index is 0.0301. The minimum atomic E-state index is 0.0301. The molecule has 0 N–H and O–H groups in total. The first kappa shape index (κ1) is 17.5. The summed E-state index contributed by atoms with van der Waals surface area (Å²) < 4.78 is 2.25. The van der Waals surface area contributed by atoms with Crippen molar-refractivity contribution in [3.8, 4) is 0 Å². The molecule has 1 fully saturated rings. The molecule has 1 aliphatic rings. The molecular formula is C18H30N2OS. The number of amides is 1. The standard InChI is InChI=1S/C18H30N2OS/c1-12(10-18(4,5)6)9-16(21)19-17-20(11-15-7-8-15)13(2)14(3)22-17/h12,15H,7-11H2,1-6H3/b19-17-. The Labute approximate surface area is 138 Å². The molecule has 0 bridgehead atoms. The van der Waals surface area contributed by atoms with Gasteiger partial charge in [0.1, 0.15) is 0 Å². The van der Waals surface area contributed by atoms with Crippen LogP contribution in [0.25, 0.3) is 0 Å². The molecular weight excluding hydrogens is 292 g/mol. The van der Waals surface area contributed by atoms with Crippen LogP contribution in [-0.2, 0) is 11.3 Å². The zero-order valence-electron chi connectivity index (χ0n) is 14.9. The van der Waals surface area contributed by atoms with Gasteiger partial charge in [-0.05, 0) is 50.4 Å². The van der Waals surface area contributed by atoms with Crippen molar-refractivity contribution in [1.82, 2.24) is 4.57 Å². The van der Waals surface area contributed by atoms with Crippen molar-refractivity contribution in [2.24, 2.45) is 22.2 Å². The van der Waals surface area contributed by atoms with Crippen LogP contribution in [-0.4, -0.2) is 10.5 Å². The number of thiazole rings is 1. The quantitative estimate of drug-likeness (QED) is 0.787. The van der Waals surface area contributed by atoms with Crippen molar-refractivity contribution in [2.75, 3.05) is 0 Å². The van der Waals surface area contributed by atoms with Crippen LogP contribution in [0.3, 0.4) is 0 Å². The fraction of sp³-hybridized carbons (Fsp3) is 0.778. The Morgan fingerprint density at radius 1 is 1.36 bits per heavy atom. The predicted octanol–water partition coefficient (Wildman–Crippen LogP) is 4.47. The maximum absolute atomic E-state index is 12.3. The van der Waals surface area contributed by atoms with Crippen molar-refractivity contribution in [1.29, 1.82) is 0 Å². The van der Waals surface area contributed by atoms with E-state index in [1.807, 2.05) is 0 Å². The molecule has 124 valence electrons.